The van der Waals surface area contributed by atoms with Gasteiger partial charge >= 0.3 is 0 Å². The lowest BCUT2D eigenvalue weighted by atomic mass is 10.1. The van der Waals surface area contributed by atoms with Crippen LogP contribution in [0.3, 0.4) is 0 Å². The second-order valence-electron chi connectivity index (χ2n) is 7.52. The Morgan fingerprint density at radius 2 is 1.97 bits per heavy atom. The van der Waals surface area contributed by atoms with Crippen molar-refractivity contribution in [3.05, 3.63) is 95.6 Å². The van der Waals surface area contributed by atoms with Crippen LogP contribution in [0.1, 0.15) is 23.6 Å². The highest BCUT2D eigenvalue weighted by molar-refractivity contribution is 14.1. The lowest BCUT2D eigenvalue weighted by molar-refractivity contribution is -0.384. The molecule has 0 aliphatic heterocycles. The van der Waals surface area contributed by atoms with Crippen molar-refractivity contribution in [1.82, 2.24) is 0 Å². The van der Waals surface area contributed by atoms with Crippen LogP contribution in [0.25, 0.3) is 6.08 Å². The number of hydrogen-bond donors (Lipinski definition) is 1. The number of ether oxygens (including phenoxy) is 2. The summed E-state index contributed by atoms with van der Waals surface area (Å²) in [6, 6.07) is 16.7. The van der Waals surface area contributed by atoms with Gasteiger partial charge in [-0.25, -0.2) is 0 Å². The Hall–Kier alpha value is -3.62. The fourth-order valence-corrected chi connectivity index (χ4v) is 4.19. The number of hydrogen-bond acceptors (Lipinski definition) is 6. The molecule has 3 aromatic rings. The molecule has 1 N–H and O–H groups in total. The van der Waals surface area contributed by atoms with Crippen LogP contribution in [0.2, 0.25) is 5.02 Å². The van der Waals surface area contributed by atoms with Gasteiger partial charge < -0.3 is 14.8 Å². The first-order valence-corrected chi connectivity index (χ1v) is 12.2. The molecular weight excluding hydrogens is 597 g/mol. The molecule has 10 heteroatoms. The third-order valence-corrected chi connectivity index (χ3v) is 6.24. The first-order valence-electron chi connectivity index (χ1n) is 10.7. The predicted octanol–water partition coefficient (Wildman–Crippen LogP) is 6.68. The number of nitro groups is 1. The van der Waals surface area contributed by atoms with Gasteiger partial charge in [-0.3, -0.25) is 14.9 Å². The predicted molar refractivity (Wildman–Crippen MR) is 146 cm³/mol. The zero-order valence-corrected chi connectivity index (χ0v) is 22.3. The minimum atomic E-state index is -0.568. The average Bonchev–Trinajstić information content (AvgIpc) is 2.85. The van der Waals surface area contributed by atoms with Gasteiger partial charge in [0.2, 0.25) is 0 Å². The molecule has 0 bridgehead atoms. The lowest BCUT2D eigenvalue weighted by Crippen LogP contribution is -2.14. The average molecular weight is 618 g/mol. The number of nitro benzene ring substituents is 1. The molecule has 0 unspecified atom stereocenters. The smallest absolute Gasteiger partial charge is 0.269 e. The summed E-state index contributed by atoms with van der Waals surface area (Å²) in [5.41, 5.74) is 2.29. The highest BCUT2D eigenvalue weighted by Crippen LogP contribution is 2.36. The summed E-state index contributed by atoms with van der Waals surface area (Å²) < 4.78 is 12.4. The standard InChI is InChI=1S/C26H21ClIN3O5/c1-3-35-24-13-18(10-19(14-29)26(32)30-23-9-5-8-21(27)16(23)2)12-22(28)25(24)36-15-17-6-4-7-20(11-17)31(33)34/h4-13H,3,15H2,1-2H3,(H,30,32)/b19-10+. The van der Waals surface area contributed by atoms with Gasteiger partial charge in [0.1, 0.15) is 18.2 Å². The molecule has 3 aromatic carbocycles. The maximum Gasteiger partial charge on any atom is 0.269 e. The summed E-state index contributed by atoms with van der Waals surface area (Å²) in [6.45, 7) is 4.05. The second-order valence-corrected chi connectivity index (χ2v) is 9.08. The van der Waals surface area contributed by atoms with Gasteiger partial charge in [0.05, 0.1) is 15.1 Å². The van der Waals surface area contributed by atoms with E-state index in [1.807, 2.05) is 13.0 Å². The third kappa shape index (κ3) is 6.74. The molecule has 0 radical (unpaired) electrons. The molecule has 36 heavy (non-hydrogen) atoms. The first kappa shape index (κ1) is 27.0. The van der Waals surface area contributed by atoms with Crippen LogP contribution in [0.4, 0.5) is 11.4 Å². The van der Waals surface area contributed by atoms with Crippen LogP contribution in [-0.4, -0.2) is 17.4 Å². The first-order chi connectivity index (χ1) is 17.2. The van der Waals surface area contributed by atoms with E-state index in [2.05, 4.69) is 27.9 Å². The number of amides is 1. The zero-order valence-electron chi connectivity index (χ0n) is 19.4. The van der Waals surface area contributed by atoms with E-state index >= 15 is 0 Å². The topological polar surface area (TPSA) is 114 Å². The molecule has 0 fully saturated rings. The molecule has 0 saturated carbocycles. The van der Waals surface area contributed by atoms with Crippen molar-refractivity contribution in [3.63, 3.8) is 0 Å². The Balaban J connectivity index is 1.86. The van der Waals surface area contributed by atoms with Crippen molar-refractivity contribution >= 4 is 57.5 Å². The number of halogens is 2. The molecule has 0 saturated heterocycles. The van der Waals surface area contributed by atoms with Crippen LogP contribution < -0.4 is 14.8 Å². The summed E-state index contributed by atoms with van der Waals surface area (Å²) in [7, 11) is 0. The van der Waals surface area contributed by atoms with Crippen molar-refractivity contribution in [1.29, 1.82) is 5.26 Å². The molecule has 0 spiro atoms. The van der Waals surface area contributed by atoms with E-state index in [1.54, 1.807) is 49.4 Å². The second kappa shape index (κ2) is 12.4. The maximum atomic E-state index is 12.8. The number of benzene rings is 3. The molecule has 0 aliphatic rings. The SMILES string of the molecule is CCOc1cc(/C=C(\C#N)C(=O)Nc2cccc(Cl)c2C)cc(I)c1OCc1cccc([N+](=O)[O-])c1. The van der Waals surface area contributed by atoms with Crippen molar-refractivity contribution in [2.75, 3.05) is 11.9 Å². The van der Waals surface area contributed by atoms with E-state index in [0.717, 1.165) is 0 Å². The Morgan fingerprint density at radius 3 is 2.67 bits per heavy atom. The molecule has 0 heterocycles. The molecule has 1 amide bonds. The van der Waals surface area contributed by atoms with Crippen LogP contribution in [0.5, 0.6) is 11.5 Å². The number of non-ortho nitro benzene ring substituents is 1. The van der Waals surface area contributed by atoms with E-state index in [-0.39, 0.29) is 17.9 Å². The normalized spacial score (nSPS) is 10.9. The molecule has 0 aliphatic carbocycles. The fraction of sp³-hybridized carbons (Fsp3) is 0.154. The van der Waals surface area contributed by atoms with E-state index in [1.165, 1.54) is 18.2 Å². The van der Waals surface area contributed by atoms with Gasteiger partial charge in [-0.1, -0.05) is 29.8 Å². The number of nitriles is 1. The van der Waals surface area contributed by atoms with Gasteiger partial charge in [-0.05, 0) is 83.5 Å². The van der Waals surface area contributed by atoms with Crippen molar-refractivity contribution in [3.8, 4) is 17.6 Å². The third-order valence-electron chi connectivity index (χ3n) is 5.03. The zero-order chi connectivity index (χ0) is 26.2. The number of rotatable bonds is 9. The molecule has 0 aromatic heterocycles. The maximum absolute atomic E-state index is 12.8. The van der Waals surface area contributed by atoms with Crippen molar-refractivity contribution in [2.45, 2.75) is 20.5 Å². The summed E-state index contributed by atoms with van der Waals surface area (Å²) in [6.07, 6.45) is 1.46. The molecule has 184 valence electrons. The minimum absolute atomic E-state index is 0.0217. The summed E-state index contributed by atoms with van der Waals surface area (Å²) in [4.78, 5) is 23.3. The van der Waals surface area contributed by atoms with Crippen LogP contribution in [0.15, 0.2) is 60.2 Å². The number of nitrogens with one attached hydrogen (secondary N) is 1. The van der Waals surface area contributed by atoms with Crippen LogP contribution in [0, 0.1) is 31.9 Å². The Morgan fingerprint density at radius 1 is 1.22 bits per heavy atom. The quantitative estimate of drug-likeness (QED) is 0.0941. The molecule has 3 rings (SSSR count). The fourth-order valence-electron chi connectivity index (χ4n) is 3.24. The summed E-state index contributed by atoms with van der Waals surface area (Å²) >= 11 is 8.19. The Bertz CT molecular complexity index is 1380. The highest BCUT2D eigenvalue weighted by Gasteiger charge is 2.16. The number of nitrogens with zero attached hydrogens (tertiary/aromatic N) is 2. The number of carbonyl (C=O) groups is 1. The Kier molecular flexibility index (Phi) is 9.27. The van der Waals surface area contributed by atoms with E-state index in [4.69, 9.17) is 21.1 Å². The van der Waals surface area contributed by atoms with E-state index < -0.39 is 10.8 Å². The largest absolute Gasteiger partial charge is 0.490 e. The van der Waals surface area contributed by atoms with Gasteiger partial charge in [0.15, 0.2) is 11.5 Å². The van der Waals surface area contributed by atoms with Crippen molar-refractivity contribution in [2.24, 2.45) is 0 Å². The summed E-state index contributed by atoms with van der Waals surface area (Å²) in [5.74, 6) is 0.310. The molecule has 8 nitrogen and oxygen atoms in total. The lowest BCUT2D eigenvalue weighted by Gasteiger charge is -2.15. The highest BCUT2D eigenvalue weighted by atomic mass is 127. The monoisotopic (exact) mass is 617 g/mol. The van der Waals surface area contributed by atoms with E-state index in [9.17, 15) is 20.2 Å². The van der Waals surface area contributed by atoms with Gasteiger partial charge in [0.25, 0.3) is 11.6 Å². The summed E-state index contributed by atoms with van der Waals surface area (Å²) in [5, 5.41) is 23.9. The van der Waals surface area contributed by atoms with Crippen molar-refractivity contribution < 1.29 is 19.2 Å². The Labute approximate surface area is 226 Å². The van der Waals surface area contributed by atoms with Gasteiger partial charge in [0, 0.05) is 22.8 Å². The van der Waals surface area contributed by atoms with Crippen LogP contribution in [-0.2, 0) is 11.4 Å². The van der Waals surface area contributed by atoms with Gasteiger partial charge in [-0.2, -0.15) is 5.26 Å². The number of anilines is 1. The van der Waals surface area contributed by atoms with Crippen LogP contribution >= 0.6 is 34.2 Å². The minimum Gasteiger partial charge on any atom is -0.490 e. The number of carbonyl (C=O) groups excluding carboxylic acids is 1. The molecule has 0 atom stereocenters. The molecular formula is C26H21ClIN3O5. The van der Waals surface area contributed by atoms with Gasteiger partial charge in [-0.15, -0.1) is 0 Å². The van der Waals surface area contributed by atoms with E-state index in [0.29, 0.717) is 49.1 Å².